The van der Waals surface area contributed by atoms with E-state index >= 15 is 0 Å². The molecule has 126 valence electrons. The molecule has 0 spiro atoms. The van der Waals surface area contributed by atoms with Gasteiger partial charge in [-0.25, -0.2) is 0 Å². The van der Waals surface area contributed by atoms with E-state index in [0.29, 0.717) is 0 Å². The second kappa shape index (κ2) is 10.6. The Morgan fingerprint density at radius 2 is 1.96 bits per heavy atom. The van der Waals surface area contributed by atoms with Crippen LogP contribution in [0.25, 0.3) is 0 Å². The Morgan fingerprint density at radius 1 is 1.30 bits per heavy atom. The lowest BCUT2D eigenvalue weighted by Gasteiger charge is -2.13. The molecule has 0 saturated heterocycles. The fourth-order valence-corrected chi connectivity index (χ4v) is 2.69. The van der Waals surface area contributed by atoms with Crippen molar-refractivity contribution in [3.05, 3.63) is 58.6 Å². The number of hydrogen-bond acceptors (Lipinski definition) is 2. The van der Waals surface area contributed by atoms with Gasteiger partial charge >= 0.3 is 0 Å². The van der Waals surface area contributed by atoms with Gasteiger partial charge in [0.25, 0.3) is 0 Å². The molecule has 23 heavy (non-hydrogen) atoms. The summed E-state index contributed by atoms with van der Waals surface area (Å²) in [5, 5.41) is 0. The van der Waals surface area contributed by atoms with E-state index in [2.05, 4.69) is 47.5 Å². The van der Waals surface area contributed by atoms with E-state index in [1.807, 2.05) is 37.3 Å². The minimum atomic E-state index is 0.0763. The summed E-state index contributed by atoms with van der Waals surface area (Å²) in [6.07, 6.45) is 7.22. The molecule has 1 atom stereocenters. The highest BCUT2D eigenvalue weighted by molar-refractivity contribution is 9.10. The number of rotatable bonds is 10. The lowest BCUT2D eigenvalue weighted by atomic mass is 9.93. The lowest BCUT2D eigenvalue weighted by molar-refractivity contribution is 0.0923. The zero-order valence-electron chi connectivity index (χ0n) is 14.5. The molecule has 0 fully saturated rings. The molecule has 0 aliphatic carbocycles. The third-order valence-electron chi connectivity index (χ3n) is 3.98. The maximum absolute atomic E-state index is 12.4. The van der Waals surface area contributed by atoms with Crippen molar-refractivity contribution in [3.63, 3.8) is 0 Å². The third kappa shape index (κ3) is 7.76. The molecule has 0 aromatic heterocycles. The number of allylic oxidation sites excluding steroid dienone is 1. The summed E-state index contributed by atoms with van der Waals surface area (Å²) in [5.41, 5.74) is 2.20. The molecule has 2 nitrogen and oxygen atoms in total. The lowest BCUT2D eigenvalue weighted by Crippen LogP contribution is -2.18. The van der Waals surface area contributed by atoms with E-state index in [-0.39, 0.29) is 11.7 Å². The molecule has 0 saturated carbocycles. The first kappa shape index (κ1) is 19.9. The van der Waals surface area contributed by atoms with Gasteiger partial charge in [-0.3, -0.25) is 9.69 Å². The number of nitrogens with zero attached hydrogens (tertiary/aromatic N) is 1. The second-order valence-corrected chi connectivity index (χ2v) is 7.14. The van der Waals surface area contributed by atoms with Crippen molar-refractivity contribution < 1.29 is 4.79 Å². The van der Waals surface area contributed by atoms with Crippen molar-refractivity contribution in [1.29, 1.82) is 0 Å². The van der Waals surface area contributed by atoms with Gasteiger partial charge in [-0.1, -0.05) is 52.7 Å². The molecule has 0 N–H and O–H groups in total. The minimum Gasteiger partial charge on any atom is -0.299 e. The van der Waals surface area contributed by atoms with Gasteiger partial charge in [0.05, 0.1) is 0 Å². The van der Waals surface area contributed by atoms with Gasteiger partial charge in [-0.2, -0.15) is 0 Å². The molecule has 0 aliphatic heterocycles. The minimum absolute atomic E-state index is 0.0763. The van der Waals surface area contributed by atoms with Crippen molar-refractivity contribution in [1.82, 2.24) is 4.90 Å². The van der Waals surface area contributed by atoms with E-state index in [0.717, 1.165) is 42.4 Å². The van der Waals surface area contributed by atoms with Crippen LogP contribution in [0.1, 0.15) is 43.5 Å². The molecule has 1 aromatic rings. The molecule has 0 heterocycles. The standard InChI is InChI=1S/C20H28BrNO/c1-5-14-22(4)15-13-16(2)7-6-8-17(3)20(23)18-9-11-19(21)12-10-18/h5,9-13,17H,1,6-8,14-15H2,2-4H3. The summed E-state index contributed by atoms with van der Waals surface area (Å²) >= 11 is 3.40. The first-order valence-corrected chi connectivity index (χ1v) is 8.98. The summed E-state index contributed by atoms with van der Waals surface area (Å²) < 4.78 is 1.00. The van der Waals surface area contributed by atoms with Crippen LogP contribution in [0.4, 0.5) is 0 Å². The first-order valence-electron chi connectivity index (χ1n) is 8.19. The molecule has 0 amide bonds. The molecule has 1 unspecified atom stereocenters. The van der Waals surface area contributed by atoms with Crippen LogP contribution in [-0.2, 0) is 0 Å². The Labute approximate surface area is 149 Å². The topological polar surface area (TPSA) is 20.3 Å². The fourth-order valence-electron chi connectivity index (χ4n) is 2.43. The monoisotopic (exact) mass is 377 g/mol. The summed E-state index contributed by atoms with van der Waals surface area (Å²) in [5.74, 6) is 0.317. The van der Waals surface area contributed by atoms with E-state index in [9.17, 15) is 4.79 Å². The summed E-state index contributed by atoms with van der Waals surface area (Å²) in [6, 6.07) is 7.63. The van der Waals surface area contributed by atoms with Crippen LogP contribution in [0.2, 0.25) is 0 Å². The second-order valence-electron chi connectivity index (χ2n) is 6.22. The van der Waals surface area contributed by atoms with E-state index < -0.39 is 0 Å². The number of Topliss-reactive ketones (excluding diaryl/α,β-unsaturated/α-hetero) is 1. The first-order chi connectivity index (χ1) is 10.9. The average Bonchev–Trinajstić information content (AvgIpc) is 2.53. The van der Waals surface area contributed by atoms with E-state index in [1.54, 1.807) is 0 Å². The number of halogens is 1. The van der Waals surface area contributed by atoms with Crippen LogP contribution in [0.5, 0.6) is 0 Å². The maximum Gasteiger partial charge on any atom is 0.165 e. The van der Waals surface area contributed by atoms with Gasteiger partial charge in [0.15, 0.2) is 5.78 Å². The summed E-state index contributed by atoms with van der Waals surface area (Å²) in [6.45, 7) is 9.80. The zero-order valence-corrected chi connectivity index (χ0v) is 16.1. The Hall–Kier alpha value is -1.19. The van der Waals surface area contributed by atoms with Gasteiger partial charge < -0.3 is 0 Å². The molecular weight excluding hydrogens is 350 g/mol. The maximum atomic E-state index is 12.4. The van der Waals surface area contributed by atoms with Crippen molar-refractivity contribution in [2.75, 3.05) is 20.1 Å². The van der Waals surface area contributed by atoms with Crippen molar-refractivity contribution in [3.8, 4) is 0 Å². The molecule has 1 rings (SSSR count). The normalized spacial score (nSPS) is 13.2. The number of carbonyl (C=O) groups excluding carboxylic acids is 1. The smallest absolute Gasteiger partial charge is 0.165 e. The van der Waals surface area contributed by atoms with E-state index in [4.69, 9.17) is 0 Å². The predicted octanol–water partition coefficient (Wildman–Crippen LogP) is 5.50. The van der Waals surface area contributed by atoms with Gasteiger partial charge in [-0.05, 0) is 45.4 Å². The van der Waals surface area contributed by atoms with Crippen LogP contribution >= 0.6 is 15.9 Å². The van der Waals surface area contributed by atoms with Crippen LogP contribution in [0, 0.1) is 5.92 Å². The Balaban J connectivity index is 2.36. The average molecular weight is 378 g/mol. The Bertz CT molecular complexity index is 533. The highest BCUT2D eigenvalue weighted by Crippen LogP contribution is 2.18. The third-order valence-corrected chi connectivity index (χ3v) is 4.51. The number of hydrogen-bond donors (Lipinski definition) is 0. The highest BCUT2D eigenvalue weighted by atomic mass is 79.9. The van der Waals surface area contributed by atoms with Gasteiger partial charge in [0, 0.05) is 29.0 Å². The summed E-state index contributed by atoms with van der Waals surface area (Å²) in [7, 11) is 2.09. The molecule has 1 aromatic carbocycles. The number of carbonyl (C=O) groups is 1. The zero-order chi connectivity index (χ0) is 17.2. The largest absolute Gasteiger partial charge is 0.299 e. The van der Waals surface area contributed by atoms with Crippen LogP contribution in [-0.4, -0.2) is 30.8 Å². The molecule has 0 radical (unpaired) electrons. The molecule has 0 aliphatic rings. The van der Waals surface area contributed by atoms with Crippen LogP contribution in [0.3, 0.4) is 0 Å². The van der Waals surface area contributed by atoms with Gasteiger partial charge in [0.1, 0.15) is 0 Å². The van der Waals surface area contributed by atoms with E-state index in [1.165, 1.54) is 5.57 Å². The fraction of sp³-hybridized carbons (Fsp3) is 0.450. The van der Waals surface area contributed by atoms with Gasteiger partial charge in [-0.15, -0.1) is 6.58 Å². The highest BCUT2D eigenvalue weighted by Gasteiger charge is 2.14. The van der Waals surface area contributed by atoms with Crippen LogP contribution in [0.15, 0.2) is 53.0 Å². The number of likely N-dealkylation sites (N-methyl/N-ethyl adjacent to an activating group) is 1. The quantitative estimate of drug-likeness (QED) is 0.396. The SMILES string of the molecule is C=CCN(C)CC=C(C)CCCC(C)C(=O)c1ccc(Br)cc1. The Morgan fingerprint density at radius 3 is 2.57 bits per heavy atom. The number of ketones is 1. The molecular formula is C20H28BrNO. The van der Waals surface area contributed by atoms with Crippen LogP contribution < -0.4 is 0 Å². The molecule has 0 bridgehead atoms. The summed E-state index contributed by atoms with van der Waals surface area (Å²) in [4.78, 5) is 14.6. The Kier molecular flexibility index (Phi) is 9.12. The number of benzene rings is 1. The van der Waals surface area contributed by atoms with Crippen molar-refractivity contribution in [2.24, 2.45) is 5.92 Å². The van der Waals surface area contributed by atoms with Crippen molar-refractivity contribution in [2.45, 2.75) is 33.1 Å². The predicted molar refractivity (Wildman–Crippen MR) is 103 cm³/mol. The molecule has 3 heteroatoms. The van der Waals surface area contributed by atoms with Crippen molar-refractivity contribution >= 4 is 21.7 Å². The van der Waals surface area contributed by atoms with Gasteiger partial charge in [0.2, 0.25) is 0 Å².